The van der Waals surface area contributed by atoms with Gasteiger partial charge in [-0.15, -0.1) is 24.8 Å². The van der Waals surface area contributed by atoms with Gasteiger partial charge in [0.15, 0.2) is 0 Å². The molecule has 0 aromatic heterocycles. The molecule has 15 nitrogen and oxygen atoms in total. The summed E-state index contributed by atoms with van der Waals surface area (Å²) >= 11 is 18.5. The van der Waals surface area contributed by atoms with Crippen LogP contribution in [0.1, 0.15) is 214 Å². The topological polar surface area (TPSA) is 187 Å². The zero-order valence-electron chi connectivity index (χ0n) is 60.5. The lowest BCUT2D eigenvalue weighted by molar-refractivity contribution is -0.142. The monoisotopic (exact) mass is 1500 g/mol. The Morgan fingerprint density at radius 3 is 1.16 bits per heavy atom. The van der Waals surface area contributed by atoms with E-state index in [0.717, 1.165) is 104 Å². The standard InChI is InChI=1S/C30H38ClF2N3O2.C16H24BClN2O2.C15H21ClN2O.C15H19F2NO2.2ClH/c1-18(34-19(2)37)25-14-21(31)6-8-23(25)20-10-12-35(13-11-20)29(38)27-17-36(30(3,4)5)16-26(27)24-9-7-22(32)15-28(24)33;1-11(19-12(2)21)16-10-14(18)4-5-15(16)13-6-8-20(9-7-13)17(3)22;1-10(18-11(2)19)15-9-13(16)3-4-14(15)12-5-7-17-8-6-12;1-15(2,3)18-7-11(12(8-18)14(19)20)10-5-4-9(16)6-13(10)17;;/h6-9,14-15,18,20,26-27H,10-13,16-17H2,1-5H3,(H,34,37);4-5,10-11,13,22H,6-9H2,1-3H3,(H,19,21);3-4,9-10,12,17H,5-8H2,1-2H3,(H,18,19);4-6,11-12H,7-8H2,1-3H3,(H,19,20);2*1H/t18?,26-,27?;;;11-,12?;;/m0..0../s1. The average molecular weight is 1510 g/mol. The lowest BCUT2D eigenvalue weighted by atomic mass is 9.78. The molecule has 0 aliphatic carbocycles. The fraction of sp³-hybridized carbons (Fsp3) is 0.539. The second-order valence-electron chi connectivity index (χ2n) is 29.4. The van der Waals surface area contributed by atoms with Crippen molar-refractivity contribution in [1.82, 2.24) is 40.8 Å². The molecule has 0 saturated carbocycles. The van der Waals surface area contributed by atoms with Crippen molar-refractivity contribution in [3.05, 3.63) is 174 Å². The van der Waals surface area contributed by atoms with Gasteiger partial charge >= 0.3 is 13.0 Å². The molecule has 0 bridgehead atoms. The number of hydrogen-bond acceptors (Lipinski definition) is 10. The van der Waals surface area contributed by atoms with Crippen molar-refractivity contribution in [1.29, 1.82) is 0 Å². The average Bonchev–Trinajstić information content (AvgIpc) is 1.70. The van der Waals surface area contributed by atoms with Gasteiger partial charge in [-0.1, -0.05) is 65.1 Å². The quantitative estimate of drug-likeness (QED) is 0.0459. The number of likely N-dealkylation sites (tertiary alicyclic amines) is 3. The van der Waals surface area contributed by atoms with Crippen LogP contribution in [0.25, 0.3) is 0 Å². The van der Waals surface area contributed by atoms with Crippen LogP contribution in [0, 0.1) is 35.1 Å². The summed E-state index contributed by atoms with van der Waals surface area (Å²) in [6.07, 6.45) is 5.87. The number of halogens is 9. The van der Waals surface area contributed by atoms with Gasteiger partial charge in [-0.2, -0.15) is 0 Å². The van der Waals surface area contributed by atoms with Crippen molar-refractivity contribution in [2.24, 2.45) is 11.8 Å². The van der Waals surface area contributed by atoms with Crippen LogP contribution in [-0.2, 0) is 24.0 Å². The van der Waals surface area contributed by atoms with Gasteiger partial charge in [0, 0.05) is 110 Å². The predicted molar refractivity (Wildman–Crippen MR) is 402 cm³/mol. The minimum Gasteiger partial charge on any atom is -0.481 e. The van der Waals surface area contributed by atoms with E-state index in [1.165, 1.54) is 49.2 Å². The number of aliphatic carboxylic acids is 1. The number of hydrogen-bond donors (Lipinski definition) is 6. The second kappa shape index (κ2) is 38.5. The molecular formula is C76H104BCl5F4N8O7. The predicted octanol–water partition coefficient (Wildman–Crippen LogP) is 15.6. The summed E-state index contributed by atoms with van der Waals surface area (Å²) in [6.45, 7) is 31.6. The Hall–Kier alpha value is -5.52. The van der Waals surface area contributed by atoms with Gasteiger partial charge in [0.25, 0.3) is 0 Å². The first-order valence-electron chi connectivity index (χ1n) is 34.7. The van der Waals surface area contributed by atoms with E-state index in [-0.39, 0.29) is 102 Å². The van der Waals surface area contributed by atoms with Crippen LogP contribution in [0.3, 0.4) is 0 Å². The number of benzene rings is 5. The van der Waals surface area contributed by atoms with Crippen molar-refractivity contribution >= 4 is 96.3 Å². The van der Waals surface area contributed by atoms with Gasteiger partial charge in [0.1, 0.15) is 23.3 Å². The first-order chi connectivity index (χ1) is 46.5. The summed E-state index contributed by atoms with van der Waals surface area (Å²) in [4.78, 5) is 67.8. The van der Waals surface area contributed by atoms with E-state index in [9.17, 15) is 51.7 Å². The third kappa shape index (κ3) is 24.0. The van der Waals surface area contributed by atoms with E-state index in [1.54, 1.807) is 6.92 Å². The zero-order valence-corrected chi connectivity index (χ0v) is 64.4. The van der Waals surface area contributed by atoms with Gasteiger partial charge in [-0.25, -0.2) is 17.6 Å². The smallest absolute Gasteiger partial charge is 0.376 e. The third-order valence-corrected chi connectivity index (χ3v) is 20.9. The third-order valence-electron chi connectivity index (χ3n) is 20.2. The molecule has 5 aliphatic heterocycles. The summed E-state index contributed by atoms with van der Waals surface area (Å²) in [7, 11) is -0.385. The molecule has 7 atom stereocenters. The first-order valence-corrected chi connectivity index (χ1v) is 35.9. The largest absolute Gasteiger partial charge is 0.481 e. The summed E-state index contributed by atoms with van der Waals surface area (Å²) < 4.78 is 55.4. The molecule has 25 heteroatoms. The highest BCUT2D eigenvalue weighted by atomic mass is 35.5. The molecule has 5 fully saturated rings. The van der Waals surface area contributed by atoms with E-state index in [2.05, 4.69) is 63.9 Å². The van der Waals surface area contributed by atoms with Gasteiger partial charge in [-0.3, -0.25) is 33.8 Å². The molecule has 10 rings (SSSR count). The Morgan fingerprint density at radius 2 is 0.832 bits per heavy atom. The van der Waals surface area contributed by atoms with E-state index < -0.39 is 47.0 Å². The van der Waals surface area contributed by atoms with Crippen molar-refractivity contribution in [2.45, 2.75) is 187 Å². The van der Waals surface area contributed by atoms with Crippen molar-refractivity contribution in [3.8, 4) is 0 Å². The van der Waals surface area contributed by atoms with Crippen LogP contribution in [0.2, 0.25) is 21.9 Å². The maximum absolute atomic E-state index is 14.8. The minimum absolute atomic E-state index is 0. The Kier molecular flexibility index (Phi) is 32.8. The Labute approximate surface area is 623 Å². The van der Waals surface area contributed by atoms with Gasteiger partial charge < -0.3 is 41.1 Å². The summed E-state index contributed by atoms with van der Waals surface area (Å²) in [6, 6.07) is 24.6. The van der Waals surface area contributed by atoms with E-state index in [4.69, 9.17) is 34.8 Å². The molecule has 0 spiro atoms. The molecule has 5 aliphatic rings. The minimum atomic E-state index is -0.939. The molecule has 5 aromatic carbocycles. The number of nitrogens with zero attached hydrogens (tertiary/aromatic N) is 4. The van der Waals surface area contributed by atoms with E-state index >= 15 is 0 Å². The Balaban J connectivity index is 0.000000253. The molecule has 0 radical (unpaired) electrons. The van der Waals surface area contributed by atoms with Crippen LogP contribution in [0.4, 0.5) is 17.6 Å². The highest BCUT2D eigenvalue weighted by Gasteiger charge is 2.46. The molecule has 6 N–H and O–H groups in total. The molecule has 4 amide bonds. The number of carbonyl (C=O) groups excluding carboxylic acids is 4. The lowest BCUT2D eigenvalue weighted by Crippen LogP contribution is -2.44. The molecule has 5 heterocycles. The Morgan fingerprint density at radius 1 is 0.505 bits per heavy atom. The van der Waals surface area contributed by atoms with Crippen LogP contribution in [-0.4, -0.2) is 143 Å². The number of carbonyl (C=O) groups is 5. The van der Waals surface area contributed by atoms with Gasteiger partial charge in [0.05, 0.1) is 30.0 Å². The van der Waals surface area contributed by atoms with Crippen LogP contribution in [0.15, 0.2) is 91.0 Å². The number of amides is 4. The van der Waals surface area contributed by atoms with E-state index in [0.29, 0.717) is 66.7 Å². The number of piperidine rings is 3. The van der Waals surface area contributed by atoms with Crippen LogP contribution in [0.5, 0.6) is 0 Å². The van der Waals surface area contributed by atoms with Gasteiger partial charge in [-0.05, 0) is 245 Å². The highest BCUT2D eigenvalue weighted by molar-refractivity contribution is 6.45. The zero-order chi connectivity index (χ0) is 73.0. The van der Waals surface area contributed by atoms with Crippen LogP contribution < -0.4 is 21.3 Å². The van der Waals surface area contributed by atoms with Crippen LogP contribution >= 0.6 is 59.6 Å². The first kappa shape index (κ1) is 86.1. The maximum atomic E-state index is 14.8. The second-order valence-corrected chi connectivity index (χ2v) is 30.7. The molecule has 556 valence electrons. The van der Waals surface area contributed by atoms with Gasteiger partial charge in [0.2, 0.25) is 23.6 Å². The van der Waals surface area contributed by atoms with Crippen molar-refractivity contribution < 1.29 is 51.7 Å². The Bertz CT molecular complexity index is 3600. The molecular weight excluding hydrogens is 1400 g/mol. The molecule has 101 heavy (non-hydrogen) atoms. The summed E-state index contributed by atoms with van der Waals surface area (Å²) in [5, 5.41) is 33.3. The number of carboxylic acids is 1. The van der Waals surface area contributed by atoms with Crippen molar-refractivity contribution in [2.75, 3.05) is 65.4 Å². The highest BCUT2D eigenvalue weighted by Crippen LogP contribution is 2.43. The lowest BCUT2D eigenvalue weighted by Gasteiger charge is -2.36. The summed E-state index contributed by atoms with van der Waals surface area (Å²) in [5.74, 6) is -4.19. The molecule has 5 unspecified atom stereocenters. The van der Waals surface area contributed by atoms with E-state index in [1.807, 2.05) is 101 Å². The fourth-order valence-electron chi connectivity index (χ4n) is 14.8. The fourth-order valence-corrected chi connectivity index (χ4v) is 15.4. The number of nitrogens with one attached hydrogen (secondary N) is 4. The maximum Gasteiger partial charge on any atom is 0.376 e. The number of rotatable bonds is 14. The van der Waals surface area contributed by atoms with Crippen molar-refractivity contribution in [3.63, 3.8) is 0 Å². The molecule has 5 aromatic rings. The summed E-state index contributed by atoms with van der Waals surface area (Å²) in [5.41, 5.74) is 7.31. The SMILES string of the molecule is CB(O)N1CCC(c2ccc(Cl)cc2C(C)NC(C)=O)CC1.CC(=O)NC(C)c1cc(Cl)ccc1C1CCN(C(=O)C2CN(C(C)(C)C)C[C@H]2c2ccc(F)cc2F)CC1.CC(=O)NC(C)c1cc(Cl)ccc1C1CCNCC1.CC(C)(C)N1CC(C(=O)O)[C@H](c2ccc(F)cc2F)C1.Cl.Cl. The number of carboxylic acid groups (broad SMARTS) is 1. The normalized spacial score (nSPS) is 20.3. The molecule has 5 saturated heterocycles.